The van der Waals surface area contributed by atoms with Crippen LogP contribution < -0.4 is 0 Å². The lowest BCUT2D eigenvalue weighted by atomic mass is 9.75. The summed E-state index contributed by atoms with van der Waals surface area (Å²) in [4.78, 5) is 47.4. The molecule has 0 amide bonds. The van der Waals surface area contributed by atoms with Gasteiger partial charge in [0, 0.05) is 77.3 Å². The van der Waals surface area contributed by atoms with E-state index in [9.17, 15) is 0 Å². The van der Waals surface area contributed by atoms with Crippen LogP contribution in [0.5, 0.6) is 0 Å². The lowest BCUT2D eigenvalue weighted by molar-refractivity contribution is 0.640. The molecule has 5 heterocycles. The van der Waals surface area contributed by atoms with Crippen LogP contribution in [0.15, 0.2) is 358 Å². The van der Waals surface area contributed by atoms with Gasteiger partial charge in [-0.1, -0.05) is 311 Å². The molecule has 14 aromatic carbocycles. The summed E-state index contributed by atoms with van der Waals surface area (Å²) in [6, 6.07) is 124. The van der Waals surface area contributed by atoms with Gasteiger partial charge in [-0.2, -0.15) is 0 Å². The fourth-order valence-electron chi connectivity index (χ4n) is 16.3. The van der Waals surface area contributed by atoms with Crippen molar-refractivity contribution in [1.82, 2.24) is 54.0 Å². The van der Waals surface area contributed by atoms with Gasteiger partial charge in [0.05, 0.1) is 22.1 Å². The second-order valence-electron chi connectivity index (χ2n) is 28.0. The molecule has 0 saturated heterocycles. The molecular formula is C97H65N11. The number of fused-ring (bicyclic) bond motifs is 12. The number of benzene rings is 14. The Morgan fingerprint density at radius 1 is 0.204 bits per heavy atom. The highest BCUT2D eigenvalue weighted by Gasteiger charge is 2.52. The zero-order valence-electron chi connectivity index (χ0n) is 59.0. The van der Waals surface area contributed by atoms with E-state index >= 15 is 0 Å². The number of para-hydroxylation sites is 3. The van der Waals surface area contributed by atoms with Crippen molar-refractivity contribution in [2.45, 2.75) is 24.7 Å². The van der Waals surface area contributed by atoms with E-state index in [2.05, 4.69) is 199 Å². The van der Waals surface area contributed by atoms with E-state index in [-0.39, 0.29) is 5.41 Å². The van der Waals surface area contributed by atoms with Gasteiger partial charge < -0.3 is 9.13 Å². The average Bonchev–Trinajstić information content (AvgIpc) is 1.51. The minimum Gasteiger partial charge on any atom is -0.309 e. The summed E-state index contributed by atoms with van der Waals surface area (Å²) in [5, 5.41) is 4.81. The molecule has 0 spiro atoms. The monoisotopic (exact) mass is 1380 g/mol. The highest BCUT2D eigenvalue weighted by Crippen LogP contribution is 2.57. The first kappa shape index (κ1) is 63.4. The fourth-order valence-corrected chi connectivity index (χ4v) is 16.3. The summed E-state index contributed by atoms with van der Waals surface area (Å²) in [6.45, 7) is 4.68. The maximum absolute atomic E-state index is 5.54. The SMILES string of the molecule is CC1(C)c2ccccc2-c2cc3c4ccccc4n(-c4cccc(-c5nc(-c6ccccc6)nc(-c6ccccc6)n5)c4)c3cc21.c1ccc(-c2nc(-c3ccccc3)nc(C3(c4nc(-c5ccccc5)nc(-c5ccccc5)n4)c4ccccc4-c4cc5c6ccccc6n(-c6ccccc6)c5cc43)n2)cc1. The van der Waals surface area contributed by atoms with E-state index in [1.807, 2.05) is 182 Å². The third kappa shape index (κ3) is 10.5. The zero-order valence-corrected chi connectivity index (χ0v) is 59.0. The van der Waals surface area contributed by atoms with Crippen LogP contribution in [-0.4, -0.2) is 54.0 Å². The molecule has 0 unspecified atom stereocenters. The molecule has 0 fully saturated rings. The summed E-state index contributed by atoms with van der Waals surface area (Å²) in [5.41, 5.74) is 21.2. The van der Waals surface area contributed by atoms with Gasteiger partial charge in [-0.05, 0) is 105 Å². The first-order chi connectivity index (χ1) is 53.3. The van der Waals surface area contributed by atoms with Crippen molar-refractivity contribution in [2.75, 3.05) is 0 Å². The van der Waals surface area contributed by atoms with E-state index in [1.54, 1.807) is 0 Å². The van der Waals surface area contributed by atoms with E-state index in [4.69, 9.17) is 44.9 Å². The van der Waals surface area contributed by atoms with Gasteiger partial charge in [-0.25, -0.2) is 44.9 Å². The van der Waals surface area contributed by atoms with E-state index < -0.39 is 5.41 Å². The molecule has 19 aromatic rings. The first-order valence-electron chi connectivity index (χ1n) is 36.4. The van der Waals surface area contributed by atoms with E-state index in [1.165, 1.54) is 49.4 Å². The summed E-state index contributed by atoms with van der Waals surface area (Å²) < 4.78 is 4.75. The molecule has 508 valence electrons. The smallest absolute Gasteiger partial charge is 0.164 e. The minimum atomic E-state index is -1.25. The number of hydrogen-bond acceptors (Lipinski definition) is 9. The minimum absolute atomic E-state index is 0.0875. The largest absolute Gasteiger partial charge is 0.309 e. The second kappa shape index (κ2) is 25.8. The maximum atomic E-state index is 5.54. The molecule has 0 N–H and O–H groups in total. The standard InChI is InChI=1S/C55H35N7.C42H30N4/c1-6-20-36(21-7-1)49-56-50(37-22-8-2-9-23-37)59-53(58-49)55(54-60-51(38-24-10-3-11-25-38)57-52(61-54)39-26-12-4-13-27-39)45-32-18-16-30-41(45)43-34-44-42-31-17-19-33-47(42)62(48(44)35-46(43)55)40-28-14-5-15-29-40;1-42(2)35-22-11-9-20-31(35)33-25-34-32-21-10-12-23-37(32)46(38(34)26-36(33)42)30-19-13-18-29(24-30)41-44-39(27-14-5-3-6-15-27)43-40(45-41)28-16-7-4-8-17-28/h1-35H;3-26H,1-2H3. The molecule has 11 heteroatoms. The number of rotatable bonds is 11. The molecule has 108 heavy (non-hydrogen) atoms. The van der Waals surface area contributed by atoms with Crippen molar-refractivity contribution in [2.24, 2.45) is 0 Å². The normalized spacial score (nSPS) is 12.9. The van der Waals surface area contributed by atoms with Gasteiger partial charge in [0.25, 0.3) is 0 Å². The molecule has 0 saturated carbocycles. The molecule has 5 aromatic heterocycles. The number of hydrogen-bond donors (Lipinski definition) is 0. The number of nitrogens with zero attached hydrogens (tertiary/aromatic N) is 11. The summed E-state index contributed by atoms with van der Waals surface area (Å²) in [6.07, 6.45) is 0. The maximum Gasteiger partial charge on any atom is 0.164 e. The molecular weight excluding hydrogens is 1320 g/mol. The van der Waals surface area contributed by atoms with Gasteiger partial charge >= 0.3 is 0 Å². The number of aromatic nitrogens is 11. The average molecular weight is 1380 g/mol. The van der Waals surface area contributed by atoms with Gasteiger partial charge in [0.2, 0.25) is 0 Å². The van der Waals surface area contributed by atoms with E-state index in [0.717, 1.165) is 89.0 Å². The van der Waals surface area contributed by atoms with E-state index in [0.29, 0.717) is 52.4 Å². The van der Waals surface area contributed by atoms with Crippen LogP contribution in [0.4, 0.5) is 0 Å². The Bertz CT molecular complexity index is 6380. The Balaban J connectivity index is 0.000000149. The van der Waals surface area contributed by atoms with Crippen LogP contribution >= 0.6 is 0 Å². The topological polar surface area (TPSA) is 126 Å². The van der Waals surface area contributed by atoms with Crippen LogP contribution in [0.25, 0.3) is 157 Å². The second-order valence-corrected chi connectivity index (χ2v) is 28.0. The highest BCUT2D eigenvalue weighted by atomic mass is 15.1. The van der Waals surface area contributed by atoms with Crippen molar-refractivity contribution in [1.29, 1.82) is 0 Å². The first-order valence-corrected chi connectivity index (χ1v) is 36.4. The zero-order chi connectivity index (χ0) is 71.9. The van der Waals surface area contributed by atoms with Crippen LogP contribution in [0.1, 0.15) is 47.8 Å². The summed E-state index contributed by atoms with van der Waals surface area (Å²) >= 11 is 0. The van der Waals surface area contributed by atoms with Crippen molar-refractivity contribution < 1.29 is 0 Å². The molecule has 0 bridgehead atoms. The molecule has 0 atom stereocenters. The quantitative estimate of drug-likeness (QED) is 0.124. The molecule has 0 radical (unpaired) electrons. The lowest BCUT2D eigenvalue weighted by Gasteiger charge is -2.30. The Labute approximate surface area is 623 Å². The van der Waals surface area contributed by atoms with Crippen molar-refractivity contribution in [3.05, 3.63) is 392 Å². The van der Waals surface area contributed by atoms with Gasteiger partial charge in [-0.15, -0.1) is 0 Å². The predicted molar refractivity (Wildman–Crippen MR) is 435 cm³/mol. The molecule has 2 aliphatic carbocycles. The van der Waals surface area contributed by atoms with Crippen molar-refractivity contribution in [3.8, 4) is 113 Å². The Morgan fingerprint density at radius 3 is 0.944 bits per heavy atom. The highest BCUT2D eigenvalue weighted by molar-refractivity contribution is 6.13. The summed E-state index contributed by atoms with van der Waals surface area (Å²) in [7, 11) is 0. The van der Waals surface area contributed by atoms with Gasteiger partial charge in [-0.3, -0.25) is 0 Å². The van der Waals surface area contributed by atoms with Crippen molar-refractivity contribution >= 4 is 43.6 Å². The third-order valence-electron chi connectivity index (χ3n) is 21.4. The Morgan fingerprint density at radius 2 is 0.509 bits per heavy atom. The van der Waals surface area contributed by atoms with Crippen molar-refractivity contribution in [3.63, 3.8) is 0 Å². The van der Waals surface area contributed by atoms with Gasteiger partial charge in [0.15, 0.2) is 52.4 Å². The fraction of sp³-hybridized carbons (Fsp3) is 0.0412. The molecule has 21 rings (SSSR count). The van der Waals surface area contributed by atoms with Crippen LogP contribution in [0, 0.1) is 0 Å². The van der Waals surface area contributed by atoms with Crippen LogP contribution in [0.3, 0.4) is 0 Å². The Kier molecular flexibility index (Phi) is 15.2. The molecule has 0 aliphatic heterocycles. The van der Waals surface area contributed by atoms with Gasteiger partial charge in [0.1, 0.15) is 5.41 Å². The Hall–Kier alpha value is -14.3. The van der Waals surface area contributed by atoms with Crippen LogP contribution in [0.2, 0.25) is 0 Å². The molecule has 2 aliphatic rings. The predicted octanol–water partition coefficient (Wildman–Crippen LogP) is 22.5. The molecule has 11 nitrogen and oxygen atoms in total. The third-order valence-corrected chi connectivity index (χ3v) is 21.4. The van der Waals surface area contributed by atoms with Crippen LogP contribution in [-0.2, 0) is 10.8 Å². The summed E-state index contributed by atoms with van der Waals surface area (Å²) in [5.74, 6) is 5.21. The lowest BCUT2D eigenvalue weighted by Crippen LogP contribution is -2.34.